The molecule has 0 aliphatic rings. The molecule has 0 aromatic heterocycles. The lowest BCUT2D eigenvalue weighted by Crippen LogP contribution is -2.37. The monoisotopic (exact) mass is 790 g/mol. The van der Waals surface area contributed by atoms with Gasteiger partial charge in [-0.25, -0.2) is 0 Å². The van der Waals surface area contributed by atoms with Gasteiger partial charge < -0.3 is 25.0 Å². The molecule has 1 rings (SSSR count). The van der Waals surface area contributed by atoms with Crippen molar-refractivity contribution >= 4 is 23.3 Å². The molecular formula is C47H87N3O6. The molecule has 0 saturated heterocycles. The Kier molecular flexibility index (Phi) is 32.9. The number of hydrogen-bond acceptors (Lipinski definition) is 9. The number of nitrogens with zero attached hydrogens (tertiary/aromatic N) is 1. The fraction of sp³-hybridized carbons (Fsp3) is 0.872. The van der Waals surface area contributed by atoms with Crippen LogP contribution in [0.4, 0.5) is 11.4 Å². The zero-order valence-electron chi connectivity index (χ0n) is 37.1. The van der Waals surface area contributed by atoms with Gasteiger partial charge >= 0.3 is 11.9 Å². The highest BCUT2D eigenvalue weighted by atomic mass is 16.5. The van der Waals surface area contributed by atoms with Crippen LogP contribution in [0, 0.1) is 5.92 Å². The van der Waals surface area contributed by atoms with Gasteiger partial charge in [0, 0.05) is 26.4 Å². The number of hydrogen-bond donors (Lipinski definition) is 2. The third-order valence-corrected chi connectivity index (χ3v) is 11.3. The normalized spacial score (nSPS) is 11.6. The second kappa shape index (κ2) is 35.7. The molecule has 0 fully saturated rings. The molecule has 0 radical (unpaired) electrons. The van der Waals surface area contributed by atoms with Crippen molar-refractivity contribution in [1.82, 2.24) is 4.90 Å². The molecule has 0 bridgehead atoms. The number of unbranched alkanes of at least 4 members (excludes halogenated alkanes) is 16. The van der Waals surface area contributed by atoms with Gasteiger partial charge in [0.05, 0.1) is 6.61 Å². The van der Waals surface area contributed by atoms with Gasteiger partial charge in [-0.05, 0) is 83.3 Å². The lowest BCUT2D eigenvalue weighted by molar-refractivity contribution is -0.150. The summed E-state index contributed by atoms with van der Waals surface area (Å²) in [4.78, 5) is 51.2. The molecule has 0 spiro atoms. The smallest absolute Gasteiger partial charge is 0.306 e. The Morgan fingerprint density at radius 3 is 1.54 bits per heavy atom. The first-order valence-corrected chi connectivity index (χ1v) is 23.6. The van der Waals surface area contributed by atoms with Gasteiger partial charge in [-0.15, -0.1) is 0 Å². The summed E-state index contributed by atoms with van der Waals surface area (Å²) in [6.07, 6.45) is 31.7. The van der Waals surface area contributed by atoms with E-state index in [0.29, 0.717) is 43.3 Å². The van der Waals surface area contributed by atoms with Gasteiger partial charge in [0.2, 0.25) is 0 Å². The van der Waals surface area contributed by atoms with E-state index in [-0.39, 0.29) is 18.0 Å². The van der Waals surface area contributed by atoms with Crippen molar-refractivity contribution in [2.24, 2.45) is 5.92 Å². The van der Waals surface area contributed by atoms with Gasteiger partial charge in [0.15, 0.2) is 0 Å². The molecule has 1 aromatic rings. The van der Waals surface area contributed by atoms with E-state index in [0.717, 1.165) is 129 Å². The summed E-state index contributed by atoms with van der Waals surface area (Å²) in [5.41, 5.74) is -0.0660. The third kappa shape index (κ3) is 25.8. The maximum absolute atomic E-state index is 12.6. The Hall–Kier alpha value is -2.42. The van der Waals surface area contributed by atoms with Gasteiger partial charge in [-0.2, -0.15) is 0 Å². The van der Waals surface area contributed by atoms with E-state index in [1.165, 1.54) is 64.2 Å². The topological polar surface area (TPSA) is 114 Å². The van der Waals surface area contributed by atoms with Gasteiger partial charge in [-0.1, -0.05) is 143 Å². The van der Waals surface area contributed by atoms with Crippen LogP contribution in [-0.2, 0) is 19.1 Å². The molecule has 0 saturated carbocycles. The molecule has 326 valence electrons. The van der Waals surface area contributed by atoms with Crippen LogP contribution in [0.5, 0.6) is 0 Å². The Morgan fingerprint density at radius 2 is 1.00 bits per heavy atom. The van der Waals surface area contributed by atoms with Crippen LogP contribution in [0.1, 0.15) is 214 Å². The van der Waals surface area contributed by atoms with Crippen molar-refractivity contribution in [3.63, 3.8) is 0 Å². The molecule has 2 N–H and O–H groups in total. The SMILES string of the molecule is CCCCCCC(CCCCCC)COC(=O)CCCCCCCN(CCCCCCCC(=O)OC(CCCC)CCCC)CCCNc1c(NC)c(=O)c1=O. The Bertz CT molecular complexity index is 1150. The van der Waals surface area contributed by atoms with E-state index in [2.05, 4.69) is 43.2 Å². The third-order valence-electron chi connectivity index (χ3n) is 11.3. The second-order valence-corrected chi connectivity index (χ2v) is 16.5. The zero-order chi connectivity index (χ0) is 41.1. The lowest BCUT2D eigenvalue weighted by Gasteiger charge is -2.23. The maximum Gasteiger partial charge on any atom is 0.306 e. The van der Waals surface area contributed by atoms with E-state index in [4.69, 9.17) is 9.47 Å². The van der Waals surface area contributed by atoms with Crippen molar-refractivity contribution in [3.05, 3.63) is 20.4 Å². The van der Waals surface area contributed by atoms with Crippen molar-refractivity contribution in [1.29, 1.82) is 0 Å². The summed E-state index contributed by atoms with van der Waals surface area (Å²) in [6, 6.07) is 0. The van der Waals surface area contributed by atoms with E-state index < -0.39 is 10.9 Å². The second-order valence-electron chi connectivity index (χ2n) is 16.5. The molecule has 9 heteroatoms. The molecule has 1 aromatic carbocycles. The van der Waals surface area contributed by atoms with Crippen LogP contribution in [0.15, 0.2) is 9.59 Å². The quantitative estimate of drug-likeness (QED) is 0.0380. The first kappa shape index (κ1) is 51.6. The summed E-state index contributed by atoms with van der Waals surface area (Å²) in [5, 5.41) is 6.00. The van der Waals surface area contributed by atoms with Gasteiger partial charge in [0.1, 0.15) is 17.5 Å². The van der Waals surface area contributed by atoms with Crippen molar-refractivity contribution in [2.45, 2.75) is 220 Å². The predicted molar refractivity (Wildman–Crippen MR) is 237 cm³/mol. The van der Waals surface area contributed by atoms with Crippen molar-refractivity contribution < 1.29 is 19.1 Å². The summed E-state index contributed by atoms with van der Waals surface area (Å²) in [5.74, 6) is 0.455. The fourth-order valence-electron chi connectivity index (χ4n) is 7.60. The molecule has 9 nitrogen and oxygen atoms in total. The highest BCUT2D eigenvalue weighted by Crippen LogP contribution is 2.20. The standard InChI is InChI=1S/C47H87N3O6/c1-6-10-14-22-29-40(30-23-15-11-7-2)39-55-42(51)33-24-18-16-20-26-36-50(38-28-35-49-45-44(48-5)46(53)47(45)54)37-27-21-17-19-25-34-43(52)56-41(31-12-8-3)32-13-9-4/h40-41,48-49H,6-39H2,1-5H3. The predicted octanol–water partition coefficient (Wildman–Crippen LogP) is 11.5. The molecule has 56 heavy (non-hydrogen) atoms. The highest BCUT2D eigenvalue weighted by Gasteiger charge is 2.19. The number of carbonyl (C=O) groups excluding carboxylic acids is 2. The molecule has 0 unspecified atom stereocenters. The number of rotatable bonds is 41. The molecular weight excluding hydrogens is 703 g/mol. The fourth-order valence-corrected chi connectivity index (χ4v) is 7.60. The van der Waals surface area contributed by atoms with E-state index >= 15 is 0 Å². The first-order chi connectivity index (χ1) is 27.3. The molecule has 0 heterocycles. The molecule has 0 aliphatic carbocycles. The minimum absolute atomic E-state index is 0.0270. The van der Waals surface area contributed by atoms with Crippen LogP contribution < -0.4 is 21.5 Å². The number of esters is 2. The van der Waals surface area contributed by atoms with Gasteiger partial charge in [-0.3, -0.25) is 19.2 Å². The van der Waals surface area contributed by atoms with E-state index in [1.54, 1.807) is 7.05 Å². The number of carbonyl (C=O) groups is 2. The largest absolute Gasteiger partial charge is 0.465 e. The van der Waals surface area contributed by atoms with Gasteiger partial charge in [0.25, 0.3) is 10.9 Å². The summed E-state index contributed by atoms with van der Waals surface area (Å²) < 4.78 is 11.6. The average Bonchev–Trinajstić information content (AvgIpc) is 3.20. The van der Waals surface area contributed by atoms with E-state index in [1.807, 2.05) is 0 Å². The first-order valence-electron chi connectivity index (χ1n) is 23.6. The average molecular weight is 790 g/mol. The Balaban J connectivity index is 2.39. The van der Waals surface area contributed by atoms with Crippen molar-refractivity contribution in [2.75, 3.05) is 50.5 Å². The molecule has 0 aliphatic heterocycles. The molecule has 0 amide bonds. The number of nitrogens with one attached hydrogen (secondary N) is 2. The Morgan fingerprint density at radius 1 is 0.536 bits per heavy atom. The Labute approximate surface area is 343 Å². The minimum atomic E-state index is -0.441. The lowest BCUT2D eigenvalue weighted by atomic mass is 9.95. The number of anilines is 2. The summed E-state index contributed by atoms with van der Waals surface area (Å²) >= 11 is 0. The highest BCUT2D eigenvalue weighted by molar-refractivity contribution is 5.73. The van der Waals surface area contributed by atoms with Crippen LogP contribution in [-0.4, -0.2) is 62.8 Å². The maximum atomic E-state index is 12.6. The van der Waals surface area contributed by atoms with Crippen molar-refractivity contribution in [3.8, 4) is 0 Å². The van der Waals surface area contributed by atoms with Crippen LogP contribution in [0.3, 0.4) is 0 Å². The molecule has 0 atom stereocenters. The summed E-state index contributed by atoms with van der Waals surface area (Å²) in [6.45, 7) is 13.1. The summed E-state index contributed by atoms with van der Waals surface area (Å²) in [7, 11) is 1.67. The van der Waals surface area contributed by atoms with Crippen LogP contribution in [0.25, 0.3) is 0 Å². The minimum Gasteiger partial charge on any atom is -0.465 e. The number of ether oxygens (including phenoxy) is 2. The van der Waals surface area contributed by atoms with Crippen LogP contribution >= 0.6 is 0 Å². The van der Waals surface area contributed by atoms with E-state index in [9.17, 15) is 19.2 Å². The zero-order valence-corrected chi connectivity index (χ0v) is 37.1. The van der Waals surface area contributed by atoms with Crippen LogP contribution in [0.2, 0.25) is 0 Å².